The van der Waals surface area contributed by atoms with E-state index in [1.165, 1.54) is 5.56 Å². The zero-order chi connectivity index (χ0) is 15.1. The SMILES string of the molecule is C#Cc1cccc(NC(C)c2ccc(OCCC)cc2)c1. The molecule has 0 aliphatic carbocycles. The number of terminal acetylenes is 1. The van der Waals surface area contributed by atoms with Crippen LogP contribution in [0.2, 0.25) is 0 Å². The molecule has 2 nitrogen and oxygen atoms in total. The number of anilines is 1. The van der Waals surface area contributed by atoms with Crippen LogP contribution in [0, 0.1) is 12.3 Å². The molecule has 0 aliphatic heterocycles. The van der Waals surface area contributed by atoms with Crippen LogP contribution in [0.15, 0.2) is 48.5 Å². The molecule has 0 aromatic heterocycles. The summed E-state index contributed by atoms with van der Waals surface area (Å²) in [6, 6.07) is 16.3. The van der Waals surface area contributed by atoms with Gasteiger partial charge in [0.05, 0.1) is 6.61 Å². The topological polar surface area (TPSA) is 21.3 Å². The fourth-order valence-corrected chi connectivity index (χ4v) is 2.10. The summed E-state index contributed by atoms with van der Waals surface area (Å²) < 4.78 is 5.60. The van der Waals surface area contributed by atoms with Gasteiger partial charge < -0.3 is 10.1 Å². The van der Waals surface area contributed by atoms with Crippen LogP contribution in [0.5, 0.6) is 5.75 Å². The predicted molar refractivity (Wildman–Crippen MR) is 88.6 cm³/mol. The average molecular weight is 279 g/mol. The summed E-state index contributed by atoms with van der Waals surface area (Å²) in [7, 11) is 0. The van der Waals surface area contributed by atoms with Crippen molar-refractivity contribution in [2.75, 3.05) is 11.9 Å². The fourth-order valence-electron chi connectivity index (χ4n) is 2.10. The molecule has 0 radical (unpaired) electrons. The quantitative estimate of drug-likeness (QED) is 0.778. The van der Waals surface area contributed by atoms with Gasteiger partial charge in [0.15, 0.2) is 0 Å². The zero-order valence-corrected chi connectivity index (χ0v) is 12.6. The maximum absolute atomic E-state index is 5.60. The largest absolute Gasteiger partial charge is 0.494 e. The first-order chi connectivity index (χ1) is 10.2. The summed E-state index contributed by atoms with van der Waals surface area (Å²) in [5, 5.41) is 3.46. The van der Waals surface area contributed by atoms with Crippen LogP contribution in [0.25, 0.3) is 0 Å². The Morgan fingerprint density at radius 2 is 1.95 bits per heavy atom. The lowest BCUT2D eigenvalue weighted by molar-refractivity contribution is 0.317. The van der Waals surface area contributed by atoms with E-state index in [-0.39, 0.29) is 6.04 Å². The van der Waals surface area contributed by atoms with Crippen molar-refractivity contribution < 1.29 is 4.74 Å². The van der Waals surface area contributed by atoms with E-state index in [0.29, 0.717) is 0 Å². The highest BCUT2D eigenvalue weighted by molar-refractivity contribution is 5.51. The van der Waals surface area contributed by atoms with Gasteiger partial charge in [0.25, 0.3) is 0 Å². The Bertz CT molecular complexity index is 610. The van der Waals surface area contributed by atoms with Crippen molar-refractivity contribution in [2.24, 2.45) is 0 Å². The maximum Gasteiger partial charge on any atom is 0.119 e. The minimum atomic E-state index is 0.207. The molecule has 0 bridgehead atoms. The number of hydrogen-bond acceptors (Lipinski definition) is 2. The Morgan fingerprint density at radius 1 is 1.19 bits per heavy atom. The van der Waals surface area contributed by atoms with Gasteiger partial charge in [0, 0.05) is 17.3 Å². The van der Waals surface area contributed by atoms with Gasteiger partial charge in [-0.15, -0.1) is 6.42 Å². The molecule has 0 aliphatic rings. The van der Waals surface area contributed by atoms with Crippen molar-refractivity contribution in [3.05, 3.63) is 59.7 Å². The van der Waals surface area contributed by atoms with Crippen LogP contribution < -0.4 is 10.1 Å². The van der Waals surface area contributed by atoms with Crippen LogP contribution in [-0.2, 0) is 0 Å². The van der Waals surface area contributed by atoms with E-state index in [0.717, 1.165) is 30.0 Å². The van der Waals surface area contributed by atoms with Gasteiger partial charge in [-0.05, 0) is 49.2 Å². The molecule has 0 fully saturated rings. The second-order valence-electron chi connectivity index (χ2n) is 5.01. The van der Waals surface area contributed by atoms with E-state index >= 15 is 0 Å². The first-order valence-electron chi connectivity index (χ1n) is 7.29. The van der Waals surface area contributed by atoms with E-state index in [1.54, 1.807) is 0 Å². The minimum Gasteiger partial charge on any atom is -0.494 e. The summed E-state index contributed by atoms with van der Waals surface area (Å²) in [6.07, 6.45) is 6.44. The zero-order valence-electron chi connectivity index (χ0n) is 12.6. The average Bonchev–Trinajstić information content (AvgIpc) is 2.53. The molecule has 1 N–H and O–H groups in total. The lowest BCUT2D eigenvalue weighted by Gasteiger charge is -2.16. The number of nitrogens with one attached hydrogen (secondary N) is 1. The van der Waals surface area contributed by atoms with Gasteiger partial charge in [0.2, 0.25) is 0 Å². The van der Waals surface area contributed by atoms with Gasteiger partial charge in [-0.1, -0.05) is 31.0 Å². The Balaban J connectivity index is 2.02. The Morgan fingerprint density at radius 3 is 2.62 bits per heavy atom. The van der Waals surface area contributed by atoms with Gasteiger partial charge >= 0.3 is 0 Å². The standard InChI is InChI=1S/C19H21NO/c1-4-13-21-19-11-9-17(10-12-19)15(3)20-18-8-6-7-16(5-2)14-18/h2,6-12,14-15,20H,4,13H2,1,3H3. The molecule has 0 saturated heterocycles. The summed E-state index contributed by atoms with van der Waals surface area (Å²) >= 11 is 0. The highest BCUT2D eigenvalue weighted by Gasteiger charge is 2.06. The third-order valence-electron chi connectivity index (χ3n) is 3.27. The third-order valence-corrected chi connectivity index (χ3v) is 3.27. The molecule has 2 aromatic carbocycles. The van der Waals surface area contributed by atoms with Crippen molar-refractivity contribution in [3.8, 4) is 18.1 Å². The molecule has 0 amide bonds. The molecule has 2 rings (SSSR count). The number of rotatable bonds is 6. The maximum atomic E-state index is 5.60. The molecular formula is C19H21NO. The second-order valence-corrected chi connectivity index (χ2v) is 5.01. The van der Waals surface area contributed by atoms with Crippen molar-refractivity contribution in [2.45, 2.75) is 26.3 Å². The summed E-state index contributed by atoms with van der Waals surface area (Å²) in [6.45, 7) is 4.99. The Labute approximate surface area is 127 Å². The van der Waals surface area contributed by atoms with Crippen LogP contribution >= 0.6 is 0 Å². The number of benzene rings is 2. The van der Waals surface area contributed by atoms with Gasteiger partial charge in [-0.2, -0.15) is 0 Å². The molecule has 1 unspecified atom stereocenters. The molecule has 108 valence electrons. The fraction of sp³-hybridized carbons (Fsp3) is 0.263. The molecule has 0 heterocycles. The van der Waals surface area contributed by atoms with Gasteiger partial charge in [-0.3, -0.25) is 0 Å². The van der Waals surface area contributed by atoms with E-state index in [9.17, 15) is 0 Å². The number of ether oxygens (including phenoxy) is 1. The van der Waals surface area contributed by atoms with Crippen LogP contribution in [0.1, 0.15) is 37.4 Å². The monoisotopic (exact) mass is 279 g/mol. The molecule has 0 spiro atoms. The van der Waals surface area contributed by atoms with Gasteiger partial charge in [0.1, 0.15) is 5.75 Å². The van der Waals surface area contributed by atoms with Crippen LogP contribution in [0.3, 0.4) is 0 Å². The van der Waals surface area contributed by atoms with Crippen molar-refractivity contribution in [1.29, 1.82) is 0 Å². The lowest BCUT2D eigenvalue weighted by Crippen LogP contribution is -2.06. The Hall–Kier alpha value is -2.40. The Kier molecular flexibility index (Phi) is 5.29. The van der Waals surface area contributed by atoms with E-state index in [2.05, 4.69) is 37.2 Å². The van der Waals surface area contributed by atoms with Crippen LogP contribution in [0.4, 0.5) is 5.69 Å². The predicted octanol–water partition coefficient (Wildman–Crippen LogP) is 4.63. The summed E-state index contributed by atoms with van der Waals surface area (Å²) in [5.41, 5.74) is 3.13. The van der Waals surface area contributed by atoms with Crippen molar-refractivity contribution in [1.82, 2.24) is 0 Å². The molecule has 2 aromatic rings. The van der Waals surface area contributed by atoms with Crippen LogP contribution in [-0.4, -0.2) is 6.61 Å². The molecule has 21 heavy (non-hydrogen) atoms. The molecular weight excluding hydrogens is 258 g/mol. The normalized spacial score (nSPS) is 11.5. The molecule has 0 saturated carbocycles. The molecule has 1 atom stereocenters. The highest BCUT2D eigenvalue weighted by atomic mass is 16.5. The van der Waals surface area contributed by atoms with E-state index < -0.39 is 0 Å². The summed E-state index contributed by atoms with van der Waals surface area (Å²) in [5.74, 6) is 3.57. The van der Waals surface area contributed by atoms with E-state index in [1.807, 2.05) is 36.4 Å². The highest BCUT2D eigenvalue weighted by Crippen LogP contribution is 2.22. The van der Waals surface area contributed by atoms with E-state index in [4.69, 9.17) is 11.2 Å². The lowest BCUT2D eigenvalue weighted by atomic mass is 10.1. The summed E-state index contributed by atoms with van der Waals surface area (Å²) in [4.78, 5) is 0. The smallest absolute Gasteiger partial charge is 0.119 e. The van der Waals surface area contributed by atoms with Crippen molar-refractivity contribution in [3.63, 3.8) is 0 Å². The second kappa shape index (κ2) is 7.40. The van der Waals surface area contributed by atoms with Gasteiger partial charge in [-0.25, -0.2) is 0 Å². The first kappa shape index (κ1) is 15.0. The molecule has 2 heteroatoms. The third kappa shape index (κ3) is 4.29. The minimum absolute atomic E-state index is 0.207. The first-order valence-corrected chi connectivity index (χ1v) is 7.29. The van der Waals surface area contributed by atoms with Crippen molar-refractivity contribution >= 4 is 5.69 Å². The number of hydrogen-bond donors (Lipinski definition) is 1.